The van der Waals surface area contributed by atoms with E-state index in [9.17, 15) is 22.4 Å². The molecule has 0 aromatic heterocycles. The van der Waals surface area contributed by atoms with Gasteiger partial charge in [-0.05, 0) is 65.9 Å². The molecule has 10 heteroatoms. The topological polar surface area (TPSA) is 86.8 Å². The molecule has 0 aliphatic rings. The van der Waals surface area contributed by atoms with Gasteiger partial charge in [0.1, 0.15) is 18.4 Å². The SMILES string of the molecule is Cc1ccc(Cl)cc1N(CC(=O)N(Cc1ccc(F)cc1)[C@H](Cc1ccccc1)C(=O)NCC(C)C)S(=O)(=O)c1ccccc1. The number of benzene rings is 4. The van der Waals surface area contributed by atoms with Crippen LogP contribution in [0.25, 0.3) is 0 Å². The maximum absolute atomic E-state index is 14.5. The van der Waals surface area contributed by atoms with Gasteiger partial charge in [-0.3, -0.25) is 13.9 Å². The molecular weight excluding hydrogens is 613 g/mol. The fourth-order valence-corrected chi connectivity index (χ4v) is 6.51. The molecule has 1 N–H and O–H groups in total. The minimum Gasteiger partial charge on any atom is -0.354 e. The van der Waals surface area contributed by atoms with E-state index in [2.05, 4.69) is 5.32 Å². The van der Waals surface area contributed by atoms with E-state index >= 15 is 0 Å². The molecule has 0 saturated heterocycles. The Hall–Kier alpha value is -4.21. The molecule has 4 aromatic rings. The molecule has 0 heterocycles. The van der Waals surface area contributed by atoms with Crippen LogP contribution in [0.3, 0.4) is 0 Å². The van der Waals surface area contributed by atoms with Crippen molar-refractivity contribution in [3.63, 3.8) is 0 Å². The Kier molecular flexibility index (Phi) is 11.4. The van der Waals surface area contributed by atoms with Gasteiger partial charge in [-0.1, -0.05) is 92.2 Å². The largest absolute Gasteiger partial charge is 0.354 e. The molecule has 0 spiro atoms. The summed E-state index contributed by atoms with van der Waals surface area (Å²) in [6.07, 6.45) is 0.180. The Bertz CT molecular complexity index is 1700. The van der Waals surface area contributed by atoms with E-state index in [1.165, 1.54) is 35.2 Å². The molecule has 4 aromatic carbocycles. The first-order valence-corrected chi connectivity index (χ1v) is 16.5. The van der Waals surface area contributed by atoms with Gasteiger partial charge in [-0.15, -0.1) is 0 Å². The van der Waals surface area contributed by atoms with Gasteiger partial charge in [0.25, 0.3) is 10.0 Å². The maximum atomic E-state index is 14.5. The average Bonchev–Trinajstić information content (AvgIpc) is 3.03. The van der Waals surface area contributed by atoms with Crippen molar-refractivity contribution in [2.75, 3.05) is 17.4 Å². The molecule has 0 unspecified atom stereocenters. The fraction of sp³-hybridized carbons (Fsp3) is 0.257. The summed E-state index contributed by atoms with van der Waals surface area (Å²) in [4.78, 5) is 29.7. The van der Waals surface area contributed by atoms with Crippen molar-refractivity contribution in [1.29, 1.82) is 0 Å². The van der Waals surface area contributed by atoms with E-state index in [0.29, 0.717) is 22.7 Å². The normalized spacial score (nSPS) is 12.0. The second kappa shape index (κ2) is 15.2. The number of sulfonamides is 1. The molecule has 2 amide bonds. The number of nitrogens with one attached hydrogen (secondary N) is 1. The first kappa shape index (κ1) is 33.7. The van der Waals surface area contributed by atoms with Crippen LogP contribution in [0.2, 0.25) is 5.02 Å². The number of hydrogen-bond acceptors (Lipinski definition) is 4. The van der Waals surface area contributed by atoms with Crippen LogP contribution in [0.1, 0.15) is 30.5 Å². The van der Waals surface area contributed by atoms with E-state index in [1.54, 1.807) is 49.4 Å². The van der Waals surface area contributed by atoms with Gasteiger partial charge >= 0.3 is 0 Å². The molecule has 0 saturated carbocycles. The summed E-state index contributed by atoms with van der Waals surface area (Å²) in [5.41, 5.74) is 2.23. The molecule has 0 bridgehead atoms. The zero-order valence-corrected chi connectivity index (χ0v) is 27.1. The number of halogens is 2. The minimum atomic E-state index is -4.25. The Morgan fingerprint density at radius 3 is 2.11 bits per heavy atom. The first-order valence-electron chi connectivity index (χ1n) is 14.6. The lowest BCUT2D eigenvalue weighted by atomic mass is 10.0. The van der Waals surface area contributed by atoms with Crippen molar-refractivity contribution in [3.05, 3.63) is 131 Å². The predicted octanol–water partition coefficient (Wildman–Crippen LogP) is 6.40. The number of anilines is 1. The zero-order chi connectivity index (χ0) is 32.6. The third-order valence-corrected chi connectivity index (χ3v) is 9.28. The van der Waals surface area contributed by atoms with Crippen molar-refractivity contribution < 1.29 is 22.4 Å². The summed E-state index contributed by atoms with van der Waals surface area (Å²) < 4.78 is 43.1. The van der Waals surface area contributed by atoms with Crippen molar-refractivity contribution in [2.24, 2.45) is 5.92 Å². The number of aryl methyl sites for hydroxylation is 1. The average molecular weight is 650 g/mol. The van der Waals surface area contributed by atoms with E-state index in [4.69, 9.17) is 11.6 Å². The number of nitrogens with zero attached hydrogens (tertiary/aromatic N) is 2. The molecule has 0 radical (unpaired) electrons. The number of amides is 2. The van der Waals surface area contributed by atoms with Crippen LogP contribution >= 0.6 is 11.6 Å². The van der Waals surface area contributed by atoms with Crippen molar-refractivity contribution >= 4 is 39.1 Å². The zero-order valence-electron chi connectivity index (χ0n) is 25.5. The molecule has 0 fully saturated rings. The lowest BCUT2D eigenvalue weighted by molar-refractivity contribution is -0.140. The molecule has 45 heavy (non-hydrogen) atoms. The highest BCUT2D eigenvalue weighted by Crippen LogP contribution is 2.30. The molecule has 4 rings (SSSR count). The van der Waals surface area contributed by atoms with Crippen molar-refractivity contribution in [2.45, 2.75) is 44.7 Å². The molecule has 0 aliphatic heterocycles. The fourth-order valence-electron chi connectivity index (χ4n) is 4.85. The molecule has 236 valence electrons. The highest BCUT2D eigenvalue weighted by molar-refractivity contribution is 7.92. The van der Waals surface area contributed by atoms with E-state index in [-0.39, 0.29) is 35.4 Å². The van der Waals surface area contributed by atoms with Crippen LogP contribution in [-0.2, 0) is 32.6 Å². The summed E-state index contributed by atoms with van der Waals surface area (Å²) in [5.74, 6) is -1.27. The van der Waals surface area contributed by atoms with Gasteiger partial charge in [0.05, 0.1) is 10.6 Å². The number of carbonyl (C=O) groups is 2. The van der Waals surface area contributed by atoms with E-state index < -0.39 is 34.3 Å². The van der Waals surface area contributed by atoms with Gasteiger partial charge in [0.2, 0.25) is 11.8 Å². The molecule has 1 atom stereocenters. The summed E-state index contributed by atoms with van der Waals surface area (Å²) in [5, 5.41) is 3.25. The Labute approximate surface area is 269 Å². The van der Waals surface area contributed by atoms with Gasteiger partial charge in [0, 0.05) is 24.5 Å². The second-order valence-electron chi connectivity index (χ2n) is 11.2. The smallest absolute Gasteiger partial charge is 0.264 e. The lowest BCUT2D eigenvalue weighted by Gasteiger charge is -2.34. The van der Waals surface area contributed by atoms with Gasteiger partial charge in [-0.25, -0.2) is 12.8 Å². The van der Waals surface area contributed by atoms with Crippen LogP contribution in [0.4, 0.5) is 10.1 Å². The van der Waals surface area contributed by atoms with Crippen LogP contribution in [-0.4, -0.2) is 44.3 Å². The predicted molar refractivity (Wildman–Crippen MR) is 176 cm³/mol. The monoisotopic (exact) mass is 649 g/mol. The molecular formula is C35H37ClFN3O4S. The number of hydrogen-bond donors (Lipinski definition) is 1. The number of rotatable bonds is 13. The first-order chi connectivity index (χ1) is 21.5. The highest BCUT2D eigenvalue weighted by Gasteiger charge is 2.35. The van der Waals surface area contributed by atoms with Crippen LogP contribution in [0.15, 0.2) is 108 Å². The quantitative estimate of drug-likeness (QED) is 0.182. The van der Waals surface area contributed by atoms with Gasteiger partial charge in [0.15, 0.2) is 0 Å². The highest BCUT2D eigenvalue weighted by atomic mass is 35.5. The number of carbonyl (C=O) groups excluding carboxylic acids is 2. The van der Waals surface area contributed by atoms with E-state index in [1.807, 2.05) is 44.2 Å². The standard InChI is InChI=1S/C35H37ClFN3O4S/c1-25(2)22-38-35(42)33(20-27-10-6-4-7-11-27)39(23-28-15-18-30(37)19-16-28)34(41)24-40(32-21-29(36)17-14-26(32)3)45(43,44)31-12-8-5-9-13-31/h4-19,21,25,33H,20,22-24H2,1-3H3,(H,38,42)/t33-/m1/s1. The van der Waals surface area contributed by atoms with Crippen LogP contribution in [0, 0.1) is 18.7 Å². The summed E-state index contributed by atoms with van der Waals surface area (Å²) in [6, 6.07) is 26.6. The summed E-state index contributed by atoms with van der Waals surface area (Å²) in [6.45, 7) is 5.39. The summed E-state index contributed by atoms with van der Waals surface area (Å²) >= 11 is 6.32. The minimum absolute atomic E-state index is 0.00206. The molecule has 7 nitrogen and oxygen atoms in total. The van der Waals surface area contributed by atoms with Crippen molar-refractivity contribution in [1.82, 2.24) is 10.2 Å². The Balaban J connectivity index is 1.82. The molecule has 0 aliphatic carbocycles. The summed E-state index contributed by atoms with van der Waals surface area (Å²) in [7, 11) is -4.25. The van der Waals surface area contributed by atoms with Crippen LogP contribution < -0.4 is 9.62 Å². The third kappa shape index (κ3) is 8.93. The van der Waals surface area contributed by atoms with E-state index in [0.717, 1.165) is 9.87 Å². The third-order valence-electron chi connectivity index (χ3n) is 7.27. The lowest BCUT2D eigenvalue weighted by Crippen LogP contribution is -2.53. The Morgan fingerprint density at radius 2 is 1.49 bits per heavy atom. The van der Waals surface area contributed by atoms with Crippen molar-refractivity contribution in [3.8, 4) is 0 Å². The maximum Gasteiger partial charge on any atom is 0.264 e. The van der Waals surface area contributed by atoms with Gasteiger partial charge < -0.3 is 10.2 Å². The second-order valence-corrected chi connectivity index (χ2v) is 13.5. The van der Waals surface area contributed by atoms with Gasteiger partial charge in [-0.2, -0.15) is 0 Å². The Morgan fingerprint density at radius 1 is 0.867 bits per heavy atom. The van der Waals surface area contributed by atoms with Crippen LogP contribution in [0.5, 0.6) is 0 Å².